The molecule has 0 bridgehead atoms. The van der Waals surface area contributed by atoms with Crippen molar-refractivity contribution in [1.29, 1.82) is 0 Å². The Morgan fingerprint density at radius 3 is 2.72 bits per heavy atom. The molecular weight excluding hydrogens is 406 g/mol. The predicted octanol–water partition coefficient (Wildman–Crippen LogP) is 3.54. The Labute approximate surface area is 178 Å². The lowest BCUT2D eigenvalue weighted by atomic mass is 10.2. The molecule has 150 valence electrons. The predicted molar refractivity (Wildman–Crippen MR) is 118 cm³/mol. The van der Waals surface area contributed by atoms with Gasteiger partial charge in [0, 0.05) is 11.3 Å². The summed E-state index contributed by atoms with van der Waals surface area (Å²) in [5.74, 6) is 1.68. The standard InChI is InChI=1S/C20H21N5O2S2/c1-3-27-17-11-7-10-16(12-17)18(26)21-19(28)24-25-14(2)22-23-20(25)29-13-15-8-5-4-6-9-15/h4-12H,3,13H2,1-2H3,(H2,21,24,26,28). The van der Waals surface area contributed by atoms with Crippen LogP contribution in [0.25, 0.3) is 0 Å². The summed E-state index contributed by atoms with van der Waals surface area (Å²) in [7, 11) is 0. The number of nitrogens with one attached hydrogen (secondary N) is 2. The van der Waals surface area contributed by atoms with Crippen molar-refractivity contribution in [2.24, 2.45) is 0 Å². The van der Waals surface area contributed by atoms with Crippen molar-refractivity contribution in [3.05, 3.63) is 71.5 Å². The number of hydrogen-bond acceptors (Lipinski definition) is 6. The number of ether oxygens (including phenoxy) is 1. The van der Waals surface area contributed by atoms with Crippen molar-refractivity contribution in [2.75, 3.05) is 12.0 Å². The lowest BCUT2D eigenvalue weighted by Crippen LogP contribution is -2.38. The highest BCUT2D eigenvalue weighted by Gasteiger charge is 2.13. The van der Waals surface area contributed by atoms with Crippen LogP contribution >= 0.6 is 24.0 Å². The number of thioether (sulfide) groups is 1. The molecule has 1 amide bonds. The number of aryl methyl sites for hydroxylation is 1. The summed E-state index contributed by atoms with van der Waals surface area (Å²) in [4.78, 5) is 12.5. The first-order chi connectivity index (χ1) is 14.1. The van der Waals surface area contributed by atoms with Crippen LogP contribution < -0.4 is 15.5 Å². The van der Waals surface area contributed by atoms with E-state index in [1.54, 1.807) is 28.9 Å². The summed E-state index contributed by atoms with van der Waals surface area (Å²) in [6.07, 6.45) is 0. The second-order valence-corrected chi connectivity index (χ2v) is 7.35. The molecule has 0 saturated heterocycles. The van der Waals surface area contributed by atoms with Gasteiger partial charge in [-0.25, -0.2) is 4.68 Å². The average Bonchev–Trinajstić information content (AvgIpc) is 3.07. The molecule has 0 unspecified atom stereocenters. The molecule has 7 nitrogen and oxygen atoms in total. The highest BCUT2D eigenvalue weighted by Crippen LogP contribution is 2.20. The van der Waals surface area contributed by atoms with Gasteiger partial charge in [0.15, 0.2) is 5.11 Å². The summed E-state index contributed by atoms with van der Waals surface area (Å²) in [6, 6.07) is 17.0. The molecule has 2 aromatic carbocycles. The zero-order valence-electron chi connectivity index (χ0n) is 16.1. The maximum Gasteiger partial charge on any atom is 0.257 e. The fourth-order valence-electron chi connectivity index (χ4n) is 2.49. The second kappa shape index (κ2) is 10.0. The van der Waals surface area contributed by atoms with Crippen LogP contribution in [0.15, 0.2) is 59.8 Å². The highest BCUT2D eigenvalue weighted by molar-refractivity contribution is 7.98. The van der Waals surface area contributed by atoms with Crippen molar-refractivity contribution in [1.82, 2.24) is 20.2 Å². The number of benzene rings is 2. The zero-order chi connectivity index (χ0) is 20.6. The first-order valence-corrected chi connectivity index (χ1v) is 10.4. The van der Waals surface area contributed by atoms with Gasteiger partial charge in [-0.15, -0.1) is 10.2 Å². The molecule has 1 aromatic heterocycles. The van der Waals surface area contributed by atoms with Crippen LogP contribution in [-0.4, -0.2) is 32.5 Å². The van der Waals surface area contributed by atoms with Gasteiger partial charge >= 0.3 is 0 Å². The summed E-state index contributed by atoms with van der Waals surface area (Å²) in [6.45, 7) is 4.23. The summed E-state index contributed by atoms with van der Waals surface area (Å²) in [5.41, 5.74) is 4.61. The Hall–Kier alpha value is -2.91. The quantitative estimate of drug-likeness (QED) is 0.441. The van der Waals surface area contributed by atoms with Crippen LogP contribution in [0.3, 0.4) is 0 Å². The average molecular weight is 428 g/mol. The van der Waals surface area contributed by atoms with Crippen LogP contribution in [0.4, 0.5) is 0 Å². The molecule has 3 rings (SSSR count). The maximum absolute atomic E-state index is 12.5. The van der Waals surface area contributed by atoms with Gasteiger partial charge in [0.05, 0.1) is 6.61 Å². The van der Waals surface area contributed by atoms with Gasteiger partial charge in [0.2, 0.25) is 5.16 Å². The maximum atomic E-state index is 12.5. The largest absolute Gasteiger partial charge is 0.494 e. The van der Waals surface area contributed by atoms with Crippen LogP contribution in [0.2, 0.25) is 0 Å². The van der Waals surface area contributed by atoms with Gasteiger partial charge in [-0.3, -0.25) is 15.5 Å². The van der Waals surface area contributed by atoms with E-state index >= 15 is 0 Å². The third kappa shape index (κ3) is 5.78. The molecule has 1 heterocycles. The van der Waals surface area contributed by atoms with Gasteiger partial charge in [-0.05, 0) is 49.8 Å². The summed E-state index contributed by atoms with van der Waals surface area (Å²) in [5, 5.41) is 11.8. The van der Waals surface area contributed by atoms with Crippen molar-refractivity contribution in [3.63, 3.8) is 0 Å². The third-order valence-corrected chi connectivity index (χ3v) is 5.05. The Kier molecular flexibility index (Phi) is 7.20. The molecule has 0 spiro atoms. The molecule has 0 aliphatic heterocycles. The Bertz CT molecular complexity index is 992. The molecular formula is C20H21N5O2S2. The topological polar surface area (TPSA) is 81.1 Å². The van der Waals surface area contributed by atoms with E-state index in [0.29, 0.717) is 28.9 Å². The molecule has 0 radical (unpaired) electrons. The minimum Gasteiger partial charge on any atom is -0.494 e. The Balaban J connectivity index is 1.62. The van der Waals surface area contributed by atoms with Crippen LogP contribution in [-0.2, 0) is 5.75 Å². The molecule has 0 saturated carbocycles. The van der Waals surface area contributed by atoms with E-state index in [1.165, 1.54) is 17.3 Å². The number of rotatable bonds is 7. The number of aromatic nitrogens is 3. The lowest BCUT2D eigenvalue weighted by molar-refractivity contribution is 0.0977. The smallest absolute Gasteiger partial charge is 0.257 e. The van der Waals surface area contributed by atoms with E-state index in [9.17, 15) is 4.79 Å². The van der Waals surface area contributed by atoms with E-state index in [4.69, 9.17) is 17.0 Å². The molecule has 9 heteroatoms. The summed E-state index contributed by atoms with van der Waals surface area (Å²) < 4.78 is 7.09. The number of carbonyl (C=O) groups excluding carboxylic acids is 1. The number of hydrogen-bond donors (Lipinski definition) is 2. The molecule has 0 fully saturated rings. The monoisotopic (exact) mass is 427 g/mol. The first kappa shape index (κ1) is 20.8. The van der Waals surface area contributed by atoms with Gasteiger partial charge < -0.3 is 4.74 Å². The van der Waals surface area contributed by atoms with Gasteiger partial charge in [-0.1, -0.05) is 48.2 Å². The Morgan fingerprint density at radius 1 is 1.17 bits per heavy atom. The minimum atomic E-state index is -0.326. The fraction of sp³-hybridized carbons (Fsp3) is 0.200. The zero-order valence-corrected chi connectivity index (χ0v) is 17.7. The third-order valence-electron chi connectivity index (χ3n) is 3.85. The van der Waals surface area contributed by atoms with Gasteiger partial charge in [0.1, 0.15) is 11.6 Å². The number of thiocarbonyl (C=S) groups is 1. The van der Waals surface area contributed by atoms with E-state index in [0.717, 1.165) is 5.75 Å². The van der Waals surface area contributed by atoms with E-state index in [1.807, 2.05) is 32.0 Å². The van der Waals surface area contributed by atoms with E-state index in [-0.39, 0.29) is 11.0 Å². The summed E-state index contributed by atoms with van der Waals surface area (Å²) >= 11 is 6.82. The molecule has 29 heavy (non-hydrogen) atoms. The van der Waals surface area contributed by atoms with E-state index in [2.05, 4.69) is 33.1 Å². The van der Waals surface area contributed by atoms with Crippen molar-refractivity contribution in [2.45, 2.75) is 24.8 Å². The SMILES string of the molecule is CCOc1cccc(C(=O)NC(=S)Nn2c(C)nnc2SCc2ccccc2)c1. The number of nitrogens with zero attached hydrogens (tertiary/aromatic N) is 3. The number of carbonyl (C=O) groups is 1. The van der Waals surface area contributed by atoms with Crippen molar-refractivity contribution in [3.8, 4) is 5.75 Å². The normalized spacial score (nSPS) is 10.4. The fourth-order valence-corrected chi connectivity index (χ4v) is 3.56. The molecule has 0 aliphatic rings. The number of amides is 1. The first-order valence-electron chi connectivity index (χ1n) is 9.00. The highest BCUT2D eigenvalue weighted by atomic mass is 32.2. The molecule has 0 atom stereocenters. The van der Waals surface area contributed by atoms with E-state index < -0.39 is 0 Å². The van der Waals surface area contributed by atoms with Crippen LogP contribution in [0, 0.1) is 6.92 Å². The molecule has 2 N–H and O–H groups in total. The van der Waals surface area contributed by atoms with Gasteiger partial charge in [-0.2, -0.15) is 0 Å². The lowest BCUT2D eigenvalue weighted by Gasteiger charge is -2.13. The van der Waals surface area contributed by atoms with Crippen LogP contribution in [0.5, 0.6) is 5.75 Å². The molecule has 3 aromatic rings. The van der Waals surface area contributed by atoms with Crippen molar-refractivity contribution >= 4 is 35.0 Å². The van der Waals surface area contributed by atoms with Gasteiger partial charge in [0.25, 0.3) is 5.91 Å². The Morgan fingerprint density at radius 2 is 1.97 bits per heavy atom. The second-order valence-electron chi connectivity index (χ2n) is 6.00. The molecule has 0 aliphatic carbocycles. The minimum absolute atomic E-state index is 0.154. The van der Waals surface area contributed by atoms with Crippen molar-refractivity contribution < 1.29 is 9.53 Å². The van der Waals surface area contributed by atoms with Crippen LogP contribution in [0.1, 0.15) is 28.7 Å².